The van der Waals surface area contributed by atoms with Crippen LogP contribution < -0.4 is 5.32 Å². The Morgan fingerprint density at radius 3 is 2.86 bits per heavy atom. The first-order valence-electron chi connectivity index (χ1n) is 6.76. The SMILES string of the molecule is C#Cc1cccc(NCc2ncc(-c3cccc(Cl)c3)o2)c1. The molecular weight excluding hydrogens is 296 g/mol. The molecule has 0 saturated heterocycles. The molecule has 3 aromatic rings. The highest BCUT2D eigenvalue weighted by Gasteiger charge is 2.06. The standard InChI is InChI=1S/C18H13ClN2O/c1-2-13-5-3-8-16(9-13)20-12-18-21-11-17(22-18)14-6-4-7-15(19)10-14/h1,3-11,20H,12H2. The predicted molar refractivity (Wildman–Crippen MR) is 88.7 cm³/mol. The molecule has 1 heterocycles. The van der Waals surface area contributed by atoms with Crippen LogP contribution in [0.3, 0.4) is 0 Å². The Morgan fingerprint density at radius 1 is 1.18 bits per heavy atom. The van der Waals surface area contributed by atoms with Crippen LogP contribution in [0.1, 0.15) is 11.5 Å². The van der Waals surface area contributed by atoms with Crippen molar-refractivity contribution < 1.29 is 4.42 Å². The van der Waals surface area contributed by atoms with Gasteiger partial charge in [0.25, 0.3) is 0 Å². The van der Waals surface area contributed by atoms with Gasteiger partial charge in [0.05, 0.1) is 12.7 Å². The van der Waals surface area contributed by atoms with Crippen molar-refractivity contribution in [3.8, 4) is 23.7 Å². The molecule has 0 fully saturated rings. The molecule has 0 radical (unpaired) electrons. The van der Waals surface area contributed by atoms with Gasteiger partial charge >= 0.3 is 0 Å². The van der Waals surface area contributed by atoms with E-state index in [2.05, 4.69) is 16.2 Å². The Morgan fingerprint density at radius 2 is 2.05 bits per heavy atom. The van der Waals surface area contributed by atoms with E-state index in [1.807, 2.05) is 48.5 Å². The fourth-order valence-corrected chi connectivity index (χ4v) is 2.25. The molecule has 0 aliphatic heterocycles. The fraction of sp³-hybridized carbons (Fsp3) is 0.0556. The molecule has 0 aliphatic carbocycles. The highest BCUT2D eigenvalue weighted by atomic mass is 35.5. The van der Waals surface area contributed by atoms with Crippen molar-refractivity contribution in [1.82, 2.24) is 4.98 Å². The molecule has 22 heavy (non-hydrogen) atoms. The van der Waals surface area contributed by atoms with E-state index in [-0.39, 0.29) is 0 Å². The zero-order valence-corrected chi connectivity index (χ0v) is 12.5. The van der Waals surface area contributed by atoms with Crippen LogP contribution in [-0.4, -0.2) is 4.98 Å². The minimum absolute atomic E-state index is 0.481. The van der Waals surface area contributed by atoms with E-state index >= 15 is 0 Å². The van der Waals surface area contributed by atoms with Crippen molar-refractivity contribution >= 4 is 17.3 Å². The predicted octanol–water partition coefficient (Wildman–Crippen LogP) is 4.59. The van der Waals surface area contributed by atoms with Crippen LogP contribution >= 0.6 is 11.6 Å². The molecule has 108 valence electrons. The molecule has 0 spiro atoms. The minimum atomic E-state index is 0.481. The van der Waals surface area contributed by atoms with E-state index in [1.165, 1.54) is 0 Å². The molecule has 0 atom stereocenters. The van der Waals surface area contributed by atoms with Gasteiger partial charge < -0.3 is 9.73 Å². The molecule has 1 aromatic heterocycles. The molecule has 4 heteroatoms. The first-order valence-corrected chi connectivity index (χ1v) is 7.13. The van der Waals surface area contributed by atoms with E-state index in [0.29, 0.717) is 23.2 Å². The number of hydrogen-bond acceptors (Lipinski definition) is 3. The first-order chi connectivity index (χ1) is 10.7. The Kier molecular flexibility index (Phi) is 4.13. The quantitative estimate of drug-likeness (QED) is 0.716. The van der Waals surface area contributed by atoms with E-state index in [9.17, 15) is 0 Å². The summed E-state index contributed by atoms with van der Waals surface area (Å²) in [7, 11) is 0. The Hall–Kier alpha value is -2.70. The van der Waals surface area contributed by atoms with Gasteiger partial charge in [0, 0.05) is 21.8 Å². The van der Waals surface area contributed by atoms with E-state index in [1.54, 1.807) is 6.20 Å². The first kappa shape index (κ1) is 14.2. The molecule has 0 amide bonds. The summed E-state index contributed by atoms with van der Waals surface area (Å²) in [6, 6.07) is 15.1. The second-order valence-corrected chi connectivity index (χ2v) is 5.14. The van der Waals surface area contributed by atoms with Gasteiger partial charge in [-0.1, -0.05) is 35.7 Å². The van der Waals surface area contributed by atoms with Crippen molar-refractivity contribution in [3.63, 3.8) is 0 Å². The topological polar surface area (TPSA) is 38.1 Å². The monoisotopic (exact) mass is 308 g/mol. The van der Waals surface area contributed by atoms with Crippen molar-refractivity contribution in [1.29, 1.82) is 0 Å². The van der Waals surface area contributed by atoms with Crippen LogP contribution in [0.15, 0.2) is 59.1 Å². The maximum Gasteiger partial charge on any atom is 0.214 e. The molecular formula is C18H13ClN2O. The van der Waals surface area contributed by atoms with Crippen LogP contribution in [-0.2, 0) is 6.54 Å². The van der Waals surface area contributed by atoms with Gasteiger partial charge in [0.1, 0.15) is 0 Å². The summed E-state index contributed by atoms with van der Waals surface area (Å²) >= 11 is 5.98. The summed E-state index contributed by atoms with van der Waals surface area (Å²) in [4.78, 5) is 4.27. The van der Waals surface area contributed by atoms with E-state index in [4.69, 9.17) is 22.4 Å². The molecule has 2 aromatic carbocycles. The van der Waals surface area contributed by atoms with Gasteiger partial charge in [-0.2, -0.15) is 0 Å². The second-order valence-electron chi connectivity index (χ2n) is 4.71. The lowest BCUT2D eigenvalue weighted by molar-refractivity contribution is 0.516. The zero-order valence-electron chi connectivity index (χ0n) is 11.7. The molecule has 3 nitrogen and oxygen atoms in total. The summed E-state index contributed by atoms with van der Waals surface area (Å²) in [5.74, 6) is 3.89. The highest BCUT2D eigenvalue weighted by molar-refractivity contribution is 6.30. The number of nitrogens with one attached hydrogen (secondary N) is 1. The lowest BCUT2D eigenvalue weighted by Crippen LogP contribution is -1.99. The number of benzene rings is 2. The van der Waals surface area contributed by atoms with Gasteiger partial charge in [-0.15, -0.1) is 6.42 Å². The number of anilines is 1. The third-order valence-corrected chi connectivity index (χ3v) is 3.37. The second kappa shape index (κ2) is 6.38. The normalized spacial score (nSPS) is 10.2. The summed E-state index contributed by atoms with van der Waals surface area (Å²) in [5.41, 5.74) is 2.66. The lowest BCUT2D eigenvalue weighted by atomic mass is 10.2. The van der Waals surface area contributed by atoms with Gasteiger partial charge in [-0.25, -0.2) is 4.98 Å². The van der Waals surface area contributed by atoms with E-state index < -0.39 is 0 Å². The Bertz CT molecular complexity index is 833. The number of oxazole rings is 1. The van der Waals surface area contributed by atoms with Crippen LogP contribution in [0.2, 0.25) is 5.02 Å². The van der Waals surface area contributed by atoms with Crippen molar-refractivity contribution in [2.24, 2.45) is 0 Å². The minimum Gasteiger partial charge on any atom is -0.439 e. The maximum absolute atomic E-state index is 5.98. The molecule has 0 saturated carbocycles. The summed E-state index contributed by atoms with van der Waals surface area (Å²) in [6.07, 6.45) is 7.08. The van der Waals surface area contributed by atoms with Crippen molar-refractivity contribution in [3.05, 3.63) is 71.2 Å². The molecule has 3 rings (SSSR count). The number of terminal acetylenes is 1. The maximum atomic E-state index is 5.98. The van der Waals surface area contributed by atoms with Gasteiger partial charge in [-0.05, 0) is 30.3 Å². The number of nitrogens with zero attached hydrogens (tertiary/aromatic N) is 1. The Balaban J connectivity index is 1.71. The van der Waals surface area contributed by atoms with Gasteiger partial charge in [-0.3, -0.25) is 0 Å². The number of aromatic nitrogens is 1. The average Bonchev–Trinajstić information content (AvgIpc) is 3.02. The molecule has 0 bridgehead atoms. The smallest absolute Gasteiger partial charge is 0.214 e. The lowest BCUT2D eigenvalue weighted by Gasteiger charge is -2.04. The molecule has 0 aliphatic rings. The zero-order chi connectivity index (χ0) is 15.4. The third-order valence-electron chi connectivity index (χ3n) is 3.14. The van der Waals surface area contributed by atoms with Gasteiger partial charge in [0.15, 0.2) is 5.76 Å². The molecule has 0 unspecified atom stereocenters. The van der Waals surface area contributed by atoms with Crippen LogP contribution in [0.25, 0.3) is 11.3 Å². The van der Waals surface area contributed by atoms with E-state index in [0.717, 1.165) is 16.8 Å². The van der Waals surface area contributed by atoms with Crippen molar-refractivity contribution in [2.45, 2.75) is 6.54 Å². The average molecular weight is 309 g/mol. The largest absolute Gasteiger partial charge is 0.439 e. The number of hydrogen-bond donors (Lipinski definition) is 1. The van der Waals surface area contributed by atoms with Gasteiger partial charge in [0.2, 0.25) is 5.89 Å². The van der Waals surface area contributed by atoms with Crippen LogP contribution in [0.4, 0.5) is 5.69 Å². The highest BCUT2D eigenvalue weighted by Crippen LogP contribution is 2.23. The third kappa shape index (κ3) is 3.30. The van der Waals surface area contributed by atoms with Crippen molar-refractivity contribution in [2.75, 3.05) is 5.32 Å². The fourth-order valence-electron chi connectivity index (χ4n) is 2.06. The number of halogens is 1. The summed E-state index contributed by atoms with van der Waals surface area (Å²) in [6.45, 7) is 0.481. The number of rotatable bonds is 4. The molecule has 1 N–H and O–H groups in total. The Labute approximate surface area is 134 Å². The summed E-state index contributed by atoms with van der Waals surface area (Å²) < 4.78 is 5.73. The van der Waals surface area contributed by atoms with Crippen LogP contribution in [0.5, 0.6) is 0 Å². The summed E-state index contributed by atoms with van der Waals surface area (Å²) in [5, 5.41) is 3.90. The van der Waals surface area contributed by atoms with Crippen LogP contribution in [0, 0.1) is 12.3 Å².